The first kappa shape index (κ1) is 15.6. The summed E-state index contributed by atoms with van der Waals surface area (Å²) in [6, 6.07) is 5.03. The van der Waals surface area contributed by atoms with E-state index in [0.29, 0.717) is 25.9 Å². The molecule has 0 spiro atoms. The van der Waals surface area contributed by atoms with Crippen molar-refractivity contribution in [2.45, 2.75) is 25.3 Å². The molecule has 3 N–H and O–H groups in total. The predicted octanol–water partition coefficient (Wildman–Crippen LogP) is -0.762. The molecule has 2 aliphatic heterocycles. The van der Waals surface area contributed by atoms with Gasteiger partial charge in [-0.25, -0.2) is 9.29 Å². The summed E-state index contributed by atoms with van der Waals surface area (Å²) in [5.74, 6) is -1.55. The van der Waals surface area contributed by atoms with E-state index in [9.17, 15) is 18.8 Å². The van der Waals surface area contributed by atoms with Crippen molar-refractivity contribution in [3.05, 3.63) is 30.1 Å². The highest BCUT2D eigenvalue weighted by molar-refractivity contribution is 6.21. The zero-order chi connectivity index (χ0) is 16.6. The molecule has 0 saturated carbocycles. The van der Waals surface area contributed by atoms with E-state index in [1.54, 1.807) is 6.07 Å². The van der Waals surface area contributed by atoms with Gasteiger partial charge in [0.25, 0.3) is 5.91 Å². The number of hydrogen-bond donors (Lipinski definition) is 2. The smallest absolute Gasteiger partial charge is 0.292 e. The van der Waals surface area contributed by atoms with Gasteiger partial charge in [0, 0.05) is 18.8 Å². The van der Waals surface area contributed by atoms with Crippen LogP contribution in [0.1, 0.15) is 19.3 Å². The monoisotopic (exact) mass is 320 g/mol. The SMILES string of the molecule is NC(=O)C1CC[NH+]([C@@H]2CC(=O)N(c3cccc(F)c3)C2=O)CC1. The number of anilines is 1. The highest BCUT2D eigenvalue weighted by Gasteiger charge is 2.46. The molecule has 1 aromatic rings. The third kappa shape index (κ3) is 2.96. The molecule has 2 saturated heterocycles. The summed E-state index contributed by atoms with van der Waals surface area (Å²) in [5, 5.41) is 0. The van der Waals surface area contributed by atoms with Gasteiger partial charge in [-0.1, -0.05) is 6.07 Å². The first-order valence-corrected chi connectivity index (χ1v) is 7.73. The van der Waals surface area contributed by atoms with E-state index < -0.39 is 11.9 Å². The van der Waals surface area contributed by atoms with E-state index in [4.69, 9.17) is 5.73 Å². The number of piperidine rings is 1. The van der Waals surface area contributed by atoms with Crippen LogP contribution in [0.4, 0.5) is 10.1 Å². The van der Waals surface area contributed by atoms with E-state index in [1.165, 1.54) is 18.2 Å². The quantitative estimate of drug-likeness (QED) is 0.718. The number of halogens is 1. The average Bonchev–Trinajstić information content (AvgIpc) is 2.82. The minimum atomic E-state index is -0.485. The van der Waals surface area contributed by atoms with Gasteiger partial charge in [0.1, 0.15) is 5.82 Å². The molecule has 7 heteroatoms. The van der Waals surface area contributed by atoms with Gasteiger partial charge < -0.3 is 10.6 Å². The number of amides is 3. The molecule has 122 valence electrons. The Morgan fingerprint density at radius 1 is 1.26 bits per heavy atom. The Morgan fingerprint density at radius 2 is 1.96 bits per heavy atom. The second kappa shape index (κ2) is 6.08. The van der Waals surface area contributed by atoms with Gasteiger partial charge in [-0.05, 0) is 18.2 Å². The van der Waals surface area contributed by atoms with Gasteiger partial charge in [-0.3, -0.25) is 14.4 Å². The molecule has 1 aromatic carbocycles. The zero-order valence-electron chi connectivity index (χ0n) is 12.6. The van der Waals surface area contributed by atoms with Crippen LogP contribution in [0, 0.1) is 11.7 Å². The van der Waals surface area contributed by atoms with Crippen LogP contribution in [0.5, 0.6) is 0 Å². The summed E-state index contributed by atoms with van der Waals surface area (Å²) in [5.41, 5.74) is 5.59. The topological polar surface area (TPSA) is 84.9 Å². The Labute approximate surface area is 133 Å². The molecule has 0 aliphatic carbocycles. The summed E-state index contributed by atoms with van der Waals surface area (Å²) in [7, 11) is 0. The van der Waals surface area contributed by atoms with Crippen molar-refractivity contribution in [1.82, 2.24) is 0 Å². The molecule has 0 radical (unpaired) electrons. The number of carbonyl (C=O) groups is 3. The number of carbonyl (C=O) groups excluding carboxylic acids is 3. The molecule has 6 nitrogen and oxygen atoms in total. The highest BCUT2D eigenvalue weighted by atomic mass is 19.1. The fourth-order valence-corrected chi connectivity index (χ4v) is 3.46. The first-order valence-electron chi connectivity index (χ1n) is 7.73. The van der Waals surface area contributed by atoms with Gasteiger partial charge in [0.15, 0.2) is 6.04 Å². The summed E-state index contributed by atoms with van der Waals surface area (Å²) in [6.07, 6.45) is 1.37. The minimum absolute atomic E-state index is 0.117. The summed E-state index contributed by atoms with van der Waals surface area (Å²) < 4.78 is 13.3. The Morgan fingerprint density at radius 3 is 2.57 bits per heavy atom. The van der Waals surface area contributed by atoms with Crippen LogP contribution in [-0.2, 0) is 14.4 Å². The van der Waals surface area contributed by atoms with Crippen molar-refractivity contribution in [1.29, 1.82) is 0 Å². The van der Waals surface area contributed by atoms with Crippen LogP contribution >= 0.6 is 0 Å². The van der Waals surface area contributed by atoms with E-state index >= 15 is 0 Å². The van der Waals surface area contributed by atoms with Gasteiger partial charge in [0.05, 0.1) is 25.2 Å². The van der Waals surface area contributed by atoms with Gasteiger partial charge in [0.2, 0.25) is 11.8 Å². The molecule has 2 fully saturated rings. The van der Waals surface area contributed by atoms with E-state index in [0.717, 1.165) is 9.80 Å². The largest absolute Gasteiger partial charge is 0.369 e. The van der Waals surface area contributed by atoms with Crippen LogP contribution in [0.15, 0.2) is 24.3 Å². The Bertz CT molecular complexity index is 656. The number of nitrogens with zero attached hydrogens (tertiary/aromatic N) is 1. The van der Waals surface area contributed by atoms with Crippen LogP contribution in [-0.4, -0.2) is 36.9 Å². The van der Waals surface area contributed by atoms with Crippen molar-refractivity contribution in [2.75, 3.05) is 18.0 Å². The fourth-order valence-electron chi connectivity index (χ4n) is 3.46. The number of benzene rings is 1. The Balaban J connectivity index is 1.73. The zero-order valence-corrected chi connectivity index (χ0v) is 12.6. The molecule has 23 heavy (non-hydrogen) atoms. The molecule has 0 bridgehead atoms. The van der Waals surface area contributed by atoms with Crippen molar-refractivity contribution >= 4 is 23.4 Å². The Hall–Kier alpha value is -2.28. The summed E-state index contributed by atoms with van der Waals surface area (Å²) >= 11 is 0. The van der Waals surface area contributed by atoms with Crippen molar-refractivity contribution in [3.8, 4) is 0 Å². The van der Waals surface area contributed by atoms with Crippen molar-refractivity contribution in [2.24, 2.45) is 11.7 Å². The van der Waals surface area contributed by atoms with Gasteiger partial charge >= 0.3 is 0 Å². The van der Waals surface area contributed by atoms with Crippen molar-refractivity contribution < 1.29 is 23.7 Å². The molecule has 2 heterocycles. The minimum Gasteiger partial charge on any atom is -0.369 e. The normalized spacial score (nSPS) is 28.2. The van der Waals surface area contributed by atoms with Crippen LogP contribution in [0.3, 0.4) is 0 Å². The lowest BCUT2D eigenvalue weighted by atomic mass is 9.95. The highest BCUT2D eigenvalue weighted by Crippen LogP contribution is 2.23. The molecule has 3 amide bonds. The third-order valence-corrected chi connectivity index (χ3v) is 4.74. The lowest BCUT2D eigenvalue weighted by Gasteiger charge is -2.30. The number of hydrogen-bond acceptors (Lipinski definition) is 3. The Kier molecular flexibility index (Phi) is 4.12. The lowest BCUT2D eigenvalue weighted by Crippen LogP contribution is -3.17. The maximum atomic E-state index is 13.3. The third-order valence-electron chi connectivity index (χ3n) is 4.74. The van der Waals surface area contributed by atoms with E-state index in [1.807, 2.05) is 0 Å². The first-order chi connectivity index (χ1) is 11.0. The predicted molar refractivity (Wildman–Crippen MR) is 79.9 cm³/mol. The standard InChI is InChI=1S/C16H18FN3O3/c17-11-2-1-3-12(8-11)20-14(21)9-13(16(20)23)19-6-4-10(5-7-19)15(18)22/h1-3,8,10,13H,4-7,9H2,(H2,18,22)/p+1/t13-/m1/s1. The van der Waals surface area contributed by atoms with Gasteiger partial charge in [-0.15, -0.1) is 0 Å². The maximum absolute atomic E-state index is 13.3. The lowest BCUT2D eigenvalue weighted by molar-refractivity contribution is -0.920. The van der Waals surface area contributed by atoms with Crippen LogP contribution < -0.4 is 15.5 Å². The number of rotatable bonds is 3. The number of likely N-dealkylation sites (tertiary alicyclic amines) is 1. The number of imide groups is 1. The summed E-state index contributed by atoms with van der Waals surface area (Å²) in [6.45, 7) is 1.27. The molecule has 3 rings (SSSR count). The molecular weight excluding hydrogens is 301 g/mol. The molecular formula is C16H19FN3O3+. The molecule has 0 aromatic heterocycles. The second-order valence-corrected chi connectivity index (χ2v) is 6.14. The van der Waals surface area contributed by atoms with Gasteiger partial charge in [-0.2, -0.15) is 0 Å². The fraction of sp³-hybridized carbons (Fsp3) is 0.438. The van der Waals surface area contributed by atoms with Crippen LogP contribution in [0.25, 0.3) is 0 Å². The van der Waals surface area contributed by atoms with E-state index in [2.05, 4.69) is 0 Å². The maximum Gasteiger partial charge on any atom is 0.292 e. The number of nitrogens with one attached hydrogen (secondary N) is 1. The molecule has 1 atom stereocenters. The second-order valence-electron chi connectivity index (χ2n) is 6.14. The number of nitrogens with two attached hydrogens (primary N) is 1. The molecule has 0 unspecified atom stereocenters. The number of quaternary nitrogens is 1. The number of primary amides is 1. The average molecular weight is 320 g/mol. The van der Waals surface area contributed by atoms with E-state index in [-0.39, 0.29) is 35.7 Å². The summed E-state index contributed by atoms with van der Waals surface area (Å²) in [4.78, 5) is 38.1. The molecule has 2 aliphatic rings. The van der Waals surface area contributed by atoms with Crippen molar-refractivity contribution in [3.63, 3.8) is 0 Å². The van der Waals surface area contributed by atoms with Crippen LogP contribution in [0.2, 0.25) is 0 Å².